The molecule has 0 radical (unpaired) electrons. The summed E-state index contributed by atoms with van der Waals surface area (Å²) in [5.41, 5.74) is 3.69. The van der Waals surface area contributed by atoms with Crippen molar-refractivity contribution in [2.45, 2.75) is 84.3 Å². The number of carbonyl (C=O) groups excluding carboxylic acids is 5. The highest BCUT2D eigenvalue weighted by molar-refractivity contribution is 6.07. The number of aldehydes is 1. The van der Waals surface area contributed by atoms with Gasteiger partial charge < -0.3 is 25.0 Å². The van der Waals surface area contributed by atoms with E-state index in [1.165, 1.54) is 11.9 Å². The molecular formula is C40H53N9O5. The molecule has 3 N–H and O–H groups in total. The molecule has 4 heterocycles. The van der Waals surface area contributed by atoms with Crippen LogP contribution >= 0.6 is 0 Å². The van der Waals surface area contributed by atoms with E-state index in [4.69, 9.17) is 0 Å². The molecule has 1 fully saturated rings. The molecule has 0 saturated carbocycles. The Balaban J connectivity index is 1.12. The third-order valence-electron chi connectivity index (χ3n) is 10.3. The molecule has 288 valence electrons. The van der Waals surface area contributed by atoms with Crippen molar-refractivity contribution in [3.8, 4) is 0 Å². The Kier molecular flexibility index (Phi) is 13.4. The first kappa shape index (κ1) is 39.8. The highest BCUT2D eigenvalue weighted by Gasteiger charge is 2.33. The van der Waals surface area contributed by atoms with E-state index < -0.39 is 17.9 Å². The van der Waals surface area contributed by atoms with Crippen LogP contribution in [0, 0.1) is 5.92 Å². The zero-order valence-corrected chi connectivity index (χ0v) is 32.2. The van der Waals surface area contributed by atoms with Crippen LogP contribution in [0.15, 0.2) is 48.9 Å². The van der Waals surface area contributed by atoms with Crippen molar-refractivity contribution in [1.29, 1.82) is 0 Å². The fourth-order valence-corrected chi connectivity index (χ4v) is 7.15. The van der Waals surface area contributed by atoms with Gasteiger partial charge in [-0.05, 0) is 77.2 Å². The number of hydrogen-bond donors (Lipinski definition) is 3. The summed E-state index contributed by atoms with van der Waals surface area (Å²) in [7, 11) is 5.67. The Morgan fingerprint density at radius 3 is 2.59 bits per heavy atom. The zero-order valence-electron chi connectivity index (χ0n) is 32.2. The number of pyridine rings is 1. The summed E-state index contributed by atoms with van der Waals surface area (Å²) in [5.74, 6) is -0.744. The van der Waals surface area contributed by atoms with Gasteiger partial charge in [-0.1, -0.05) is 26.3 Å². The SMILES string of the molecule is CCCC(c1cc2cnc(NC(=O)c3cnn(CCCC(C)CCN(CC)c4cccc(C(=O)N(C)C5CCC(=O)NC5=O)c4C=O)c3)cc2[nH]1)N(C)C. The molecule has 14 heteroatoms. The molecule has 3 aromatic heterocycles. The summed E-state index contributed by atoms with van der Waals surface area (Å²) in [4.78, 5) is 76.5. The van der Waals surface area contributed by atoms with E-state index in [0.29, 0.717) is 48.9 Å². The molecule has 1 aliphatic rings. The van der Waals surface area contributed by atoms with Crippen LogP contribution < -0.4 is 15.5 Å². The minimum Gasteiger partial charge on any atom is -0.371 e. The summed E-state index contributed by atoms with van der Waals surface area (Å²) in [6, 6.07) is 8.67. The average Bonchev–Trinajstić information content (AvgIpc) is 3.80. The maximum Gasteiger partial charge on any atom is 0.260 e. The van der Waals surface area contributed by atoms with Gasteiger partial charge in [-0.15, -0.1) is 0 Å². The zero-order chi connectivity index (χ0) is 38.9. The van der Waals surface area contributed by atoms with Gasteiger partial charge in [0.2, 0.25) is 11.8 Å². The molecule has 1 aromatic carbocycles. The number of nitrogens with one attached hydrogen (secondary N) is 3. The summed E-state index contributed by atoms with van der Waals surface area (Å²) >= 11 is 0. The van der Waals surface area contributed by atoms with Crippen LogP contribution in [0.1, 0.15) is 109 Å². The first-order valence-electron chi connectivity index (χ1n) is 18.9. The van der Waals surface area contributed by atoms with E-state index in [1.54, 1.807) is 35.4 Å². The van der Waals surface area contributed by atoms with Crippen molar-refractivity contribution >= 4 is 52.3 Å². The number of likely N-dealkylation sites (N-methyl/N-ethyl adjacent to an activating group) is 1. The van der Waals surface area contributed by atoms with Gasteiger partial charge in [-0.2, -0.15) is 5.10 Å². The van der Waals surface area contributed by atoms with E-state index >= 15 is 0 Å². The van der Waals surface area contributed by atoms with E-state index in [-0.39, 0.29) is 41.8 Å². The normalized spacial score (nSPS) is 15.6. The lowest BCUT2D eigenvalue weighted by Gasteiger charge is -2.31. The van der Waals surface area contributed by atoms with Crippen molar-refractivity contribution in [3.05, 3.63) is 71.3 Å². The second-order valence-corrected chi connectivity index (χ2v) is 14.5. The molecular weight excluding hydrogens is 686 g/mol. The monoisotopic (exact) mass is 739 g/mol. The Morgan fingerprint density at radius 1 is 1.09 bits per heavy atom. The molecule has 1 aliphatic heterocycles. The summed E-state index contributed by atoms with van der Waals surface area (Å²) < 4.78 is 1.79. The van der Waals surface area contributed by atoms with Gasteiger partial charge in [0.1, 0.15) is 11.9 Å². The number of piperidine rings is 1. The summed E-state index contributed by atoms with van der Waals surface area (Å²) in [5, 5.41) is 10.6. The van der Waals surface area contributed by atoms with Crippen LogP contribution in [0.5, 0.6) is 0 Å². The number of amides is 4. The van der Waals surface area contributed by atoms with Crippen molar-refractivity contribution in [2.24, 2.45) is 5.92 Å². The second kappa shape index (κ2) is 18.1. The van der Waals surface area contributed by atoms with E-state index in [2.05, 4.69) is 69.5 Å². The Bertz CT molecular complexity index is 1970. The minimum absolute atomic E-state index is 0.152. The quantitative estimate of drug-likeness (QED) is 0.0891. The number of H-pyrrole nitrogens is 1. The van der Waals surface area contributed by atoms with Crippen LogP contribution in [0.4, 0.5) is 11.5 Å². The number of benzene rings is 1. The Morgan fingerprint density at radius 2 is 1.89 bits per heavy atom. The first-order chi connectivity index (χ1) is 25.9. The lowest BCUT2D eigenvalue weighted by atomic mass is 9.99. The van der Waals surface area contributed by atoms with Gasteiger partial charge in [0.15, 0.2) is 6.29 Å². The minimum atomic E-state index is -0.782. The number of nitrogens with zero attached hydrogens (tertiary/aromatic N) is 6. The Hall–Kier alpha value is -5.37. The average molecular weight is 740 g/mol. The van der Waals surface area contributed by atoms with Crippen LogP contribution in [0.2, 0.25) is 0 Å². The number of carbonyl (C=O) groups is 5. The molecule has 3 atom stereocenters. The number of fused-ring (bicyclic) bond motifs is 1. The fraction of sp³-hybridized carbons (Fsp3) is 0.475. The smallest absolute Gasteiger partial charge is 0.260 e. The van der Waals surface area contributed by atoms with Gasteiger partial charge >= 0.3 is 0 Å². The molecule has 0 bridgehead atoms. The molecule has 1 saturated heterocycles. The van der Waals surface area contributed by atoms with Crippen molar-refractivity contribution in [1.82, 2.24) is 34.9 Å². The van der Waals surface area contributed by atoms with Gasteiger partial charge in [0.25, 0.3) is 11.8 Å². The standard InChI is InChI=1S/C40H53N9O5/c1-7-11-34(46(4)5)32-20-27-22-41-36(21-31(27)43-32)44-38(52)28-23-42-49(24-28)18-10-12-26(3)17-19-48(8-2)33-14-9-13-29(30(33)25-50)40(54)47(6)35-15-16-37(51)45-39(35)53/h9,13-14,20-26,34-35,43H,7-8,10-12,15-19H2,1-6H3,(H,41,44,52)(H,45,51,53). The fourth-order valence-electron chi connectivity index (χ4n) is 7.15. The van der Waals surface area contributed by atoms with Crippen LogP contribution in [0.3, 0.4) is 0 Å². The Labute approximate surface area is 316 Å². The summed E-state index contributed by atoms with van der Waals surface area (Å²) in [6.07, 6.45) is 11.0. The predicted molar refractivity (Wildman–Crippen MR) is 209 cm³/mol. The molecule has 4 amide bonds. The molecule has 4 aromatic rings. The molecule has 54 heavy (non-hydrogen) atoms. The number of aromatic amines is 1. The van der Waals surface area contributed by atoms with Crippen molar-refractivity contribution < 1.29 is 24.0 Å². The molecule has 0 spiro atoms. The number of hydrogen-bond acceptors (Lipinski definition) is 9. The number of anilines is 2. The molecule has 5 rings (SSSR count). The van der Waals surface area contributed by atoms with Crippen LogP contribution in [0.25, 0.3) is 10.9 Å². The number of imide groups is 1. The number of aromatic nitrogens is 4. The molecule has 3 unspecified atom stereocenters. The third-order valence-corrected chi connectivity index (χ3v) is 10.3. The third kappa shape index (κ3) is 9.40. The maximum atomic E-state index is 13.5. The predicted octanol–water partition coefficient (Wildman–Crippen LogP) is 5.44. The van der Waals surface area contributed by atoms with E-state index in [1.807, 2.05) is 19.1 Å². The van der Waals surface area contributed by atoms with Crippen molar-refractivity contribution in [2.75, 3.05) is 44.4 Å². The topological polar surface area (TPSA) is 166 Å². The molecule has 0 aliphatic carbocycles. The summed E-state index contributed by atoms with van der Waals surface area (Å²) in [6.45, 7) is 8.36. The maximum absolute atomic E-state index is 13.5. The lowest BCUT2D eigenvalue weighted by Crippen LogP contribution is -2.53. The van der Waals surface area contributed by atoms with Crippen LogP contribution in [-0.4, -0.2) is 99.7 Å². The van der Waals surface area contributed by atoms with E-state index in [9.17, 15) is 24.0 Å². The highest BCUT2D eigenvalue weighted by Crippen LogP contribution is 2.28. The molecule has 14 nitrogen and oxygen atoms in total. The largest absolute Gasteiger partial charge is 0.371 e. The van der Waals surface area contributed by atoms with E-state index in [0.717, 1.165) is 48.7 Å². The van der Waals surface area contributed by atoms with Crippen LogP contribution in [-0.2, 0) is 16.1 Å². The van der Waals surface area contributed by atoms with Gasteiger partial charge in [0.05, 0.1) is 28.4 Å². The van der Waals surface area contributed by atoms with Gasteiger partial charge in [-0.25, -0.2) is 4.98 Å². The lowest BCUT2D eigenvalue weighted by molar-refractivity contribution is -0.136. The second-order valence-electron chi connectivity index (χ2n) is 14.5. The van der Waals surface area contributed by atoms with Crippen molar-refractivity contribution in [3.63, 3.8) is 0 Å². The first-order valence-corrected chi connectivity index (χ1v) is 18.9. The number of aryl methyl sites for hydroxylation is 1. The number of rotatable bonds is 18. The van der Waals surface area contributed by atoms with Gasteiger partial charge in [-0.3, -0.25) is 34.0 Å². The highest BCUT2D eigenvalue weighted by atomic mass is 16.2. The van der Waals surface area contributed by atoms with Gasteiger partial charge in [0, 0.05) is 74.4 Å².